The average molecular weight is 401 g/mol. The number of nitrogens with one attached hydrogen (secondary N) is 2. The average Bonchev–Trinajstić information content (AvgIpc) is 3.41. The molecule has 4 rings (SSSR count). The van der Waals surface area contributed by atoms with E-state index in [2.05, 4.69) is 27.7 Å². The van der Waals surface area contributed by atoms with Crippen LogP contribution in [0, 0.1) is 0 Å². The number of carbonyl (C=O) groups excluding carboxylic acids is 2. The Bertz CT molecular complexity index is 737. The van der Waals surface area contributed by atoms with E-state index in [-0.39, 0.29) is 17.9 Å². The van der Waals surface area contributed by atoms with Crippen LogP contribution in [-0.4, -0.2) is 60.6 Å². The number of thioether (sulfide) groups is 1. The summed E-state index contributed by atoms with van der Waals surface area (Å²) >= 11 is 1.79. The molecule has 7 heteroatoms. The van der Waals surface area contributed by atoms with Gasteiger partial charge in [-0.2, -0.15) is 0 Å². The second-order valence-electron chi connectivity index (χ2n) is 7.66. The van der Waals surface area contributed by atoms with Crippen LogP contribution in [0.3, 0.4) is 0 Å². The fraction of sp³-hybridized carbons (Fsp3) is 0.524. The first-order valence-corrected chi connectivity index (χ1v) is 11.3. The molecule has 0 unspecified atom stereocenters. The molecule has 0 aromatic heterocycles. The lowest BCUT2D eigenvalue weighted by atomic mass is 10.1. The van der Waals surface area contributed by atoms with Gasteiger partial charge in [0.1, 0.15) is 0 Å². The first kappa shape index (κ1) is 19.3. The lowest BCUT2D eigenvalue weighted by Gasteiger charge is -2.28. The number of anilines is 2. The molecule has 3 saturated heterocycles. The number of nitrogens with zero attached hydrogens (tertiary/aromatic N) is 2. The van der Waals surface area contributed by atoms with Crippen molar-refractivity contribution in [2.75, 3.05) is 48.0 Å². The summed E-state index contributed by atoms with van der Waals surface area (Å²) < 4.78 is 0. The summed E-state index contributed by atoms with van der Waals surface area (Å²) in [6.45, 7) is 3.65. The minimum Gasteiger partial charge on any atom is -0.372 e. The molecule has 3 fully saturated rings. The molecule has 28 heavy (non-hydrogen) atoms. The van der Waals surface area contributed by atoms with Crippen molar-refractivity contribution in [3.05, 3.63) is 35.9 Å². The number of hydrogen-bond donors (Lipinski definition) is 2. The Hall–Kier alpha value is -1.99. The van der Waals surface area contributed by atoms with Crippen LogP contribution in [0.5, 0.6) is 0 Å². The highest BCUT2D eigenvalue weighted by Crippen LogP contribution is 2.23. The fourth-order valence-corrected chi connectivity index (χ4v) is 4.98. The van der Waals surface area contributed by atoms with Crippen molar-refractivity contribution in [2.45, 2.75) is 31.7 Å². The molecule has 0 bridgehead atoms. The Morgan fingerprint density at radius 1 is 1.11 bits per heavy atom. The molecular formula is C21H28N4O2S. The molecule has 2 amide bonds. The molecule has 3 aliphatic rings. The van der Waals surface area contributed by atoms with E-state index in [0.29, 0.717) is 13.0 Å². The predicted octanol–water partition coefficient (Wildman–Crippen LogP) is 2.44. The van der Waals surface area contributed by atoms with Crippen molar-refractivity contribution in [3.8, 4) is 0 Å². The fourth-order valence-electron chi connectivity index (χ4n) is 4.03. The van der Waals surface area contributed by atoms with Crippen LogP contribution in [0.4, 0.5) is 11.4 Å². The number of hydrogen-bond acceptors (Lipinski definition) is 5. The van der Waals surface area contributed by atoms with Gasteiger partial charge in [-0.25, -0.2) is 0 Å². The molecule has 1 atom stereocenters. The van der Waals surface area contributed by atoms with Crippen LogP contribution in [-0.2, 0) is 9.59 Å². The highest BCUT2D eigenvalue weighted by Gasteiger charge is 2.30. The predicted molar refractivity (Wildman–Crippen MR) is 115 cm³/mol. The molecule has 0 aliphatic carbocycles. The zero-order valence-corrected chi connectivity index (χ0v) is 17.0. The molecule has 3 aliphatic heterocycles. The lowest BCUT2D eigenvalue weighted by Crippen LogP contribution is -2.42. The third kappa shape index (κ3) is 4.70. The summed E-state index contributed by atoms with van der Waals surface area (Å²) in [7, 11) is 0. The number of amides is 2. The van der Waals surface area contributed by atoms with Gasteiger partial charge >= 0.3 is 0 Å². The van der Waals surface area contributed by atoms with Gasteiger partial charge in [0.25, 0.3) is 0 Å². The summed E-state index contributed by atoms with van der Waals surface area (Å²) in [6.07, 6.45) is 6.07. The van der Waals surface area contributed by atoms with Crippen molar-refractivity contribution < 1.29 is 9.59 Å². The van der Waals surface area contributed by atoms with Crippen LogP contribution in [0.15, 0.2) is 35.9 Å². The Kier molecular flexibility index (Phi) is 6.22. The smallest absolute Gasteiger partial charge is 0.248 e. The Morgan fingerprint density at radius 2 is 1.89 bits per heavy atom. The van der Waals surface area contributed by atoms with Crippen LogP contribution in [0.1, 0.15) is 25.7 Å². The van der Waals surface area contributed by atoms with Crippen molar-refractivity contribution in [3.63, 3.8) is 0 Å². The van der Waals surface area contributed by atoms with Crippen molar-refractivity contribution in [1.29, 1.82) is 0 Å². The van der Waals surface area contributed by atoms with E-state index in [1.165, 1.54) is 24.9 Å². The van der Waals surface area contributed by atoms with Gasteiger partial charge in [0.2, 0.25) is 11.8 Å². The minimum absolute atomic E-state index is 0.132. The van der Waals surface area contributed by atoms with Crippen LogP contribution >= 0.6 is 11.8 Å². The van der Waals surface area contributed by atoms with Crippen LogP contribution in [0.2, 0.25) is 0 Å². The Morgan fingerprint density at radius 3 is 2.61 bits per heavy atom. The summed E-state index contributed by atoms with van der Waals surface area (Å²) in [4.78, 5) is 29.1. The van der Waals surface area contributed by atoms with Crippen LogP contribution < -0.4 is 15.5 Å². The van der Waals surface area contributed by atoms with Gasteiger partial charge in [-0.05, 0) is 55.5 Å². The second-order valence-corrected chi connectivity index (χ2v) is 8.74. The maximum absolute atomic E-state index is 12.5. The van der Waals surface area contributed by atoms with Crippen molar-refractivity contribution in [2.24, 2.45) is 0 Å². The van der Waals surface area contributed by atoms with Gasteiger partial charge in [0.15, 0.2) is 0 Å². The van der Waals surface area contributed by atoms with Crippen molar-refractivity contribution >= 4 is 35.0 Å². The second kappa shape index (κ2) is 9.01. The third-order valence-electron chi connectivity index (χ3n) is 5.60. The highest BCUT2D eigenvalue weighted by atomic mass is 32.2. The monoisotopic (exact) mass is 400 g/mol. The molecule has 0 spiro atoms. The van der Waals surface area contributed by atoms with E-state index in [4.69, 9.17) is 0 Å². The van der Waals surface area contributed by atoms with E-state index in [1.807, 2.05) is 17.0 Å². The van der Waals surface area contributed by atoms with Gasteiger partial charge < -0.3 is 20.4 Å². The molecular weight excluding hydrogens is 372 g/mol. The maximum Gasteiger partial charge on any atom is 0.248 e. The molecule has 6 nitrogen and oxygen atoms in total. The highest BCUT2D eigenvalue weighted by molar-refractivity contribution is 7.99. The number of rotatable bonds is 4. The van der Waals surface area contributed by atoms with E-state index in [1.54, 1.807) is 17.8 Å². The van der Waals surface area contributed by atoms with Gasteiger partial charge in [-0.15, -0.1) is 11.8 Å². The largest absolute Gasteiger partial charge is 0.372 e. The molecule has 3 heterocycles. The van der Waals surface area contributed by atoms with E-state index < -0.39 is 0 Å². The van der Waals surface area contributed by atoms with Crippen molar-refractivity contribution in [1.82, 2.24) is 10.2 Å². The molecule has 0 radical (unpaired) electrons. The molecule has 150 valence electrons. The Balaban J connectivity index is 1.29. The quantitative estimate of drug-likeness (QED) is 0.760. The molecule has 1 aromatic rings. The summed E-state index contributed by atoms with van der Waals surface area (Å²) in [5.41, 5.74) is 3.00. The Labute approximate surface area is 170 Å². The number of carbonyl (C=O) groups is 2. The standard InChI is InChI=1S/C21H28N4O2S/c26-20(13-16-12-19(22-14-16)21(27)25-10-11-28-15-25)23-17-4-6-18(7-5-17)24-8-2-1-3-9-24/h4-7,13,19,22H,1-3,8-12,14-15H2,(H,23,26)/b16-13-/t19-/m0/s1. The number of benzene rings is 1. The van der Waals surface area contributed by atoms with E-state index >= 15 is 0 Å². The normalized spacial score (nSPS) is 24.0. The zero-order chi connectivity index (χ0) is 19.3. The van der Waals surface area contributed by atoms with Gasteiger partial charge in [0.05, 0.1) is 11.9 Å². The number of piperidine rings is 1. The molecule has 0 saturated carbocycles. The zero-order valence-electron chi connectivity index (χ0n) is 16.2. The SMILES string of the molecule is O=C(/C=C1\CN[C@H](C(=O)N2CCSC2)C1)Nc1ccc(N2CCCCC2)cc1. The topological polar surface area (TPSA) is 64.7 Å². The first-order chi connectivity index (χ1) is 13.7. The van der Waals surface area contributed by atoms with E-state index in [9.17, 15) is 9.59 Å². The first-order valence-electron chi connectivity index (χ1n) is 10.1. The van der Waals surface area contributed by atoms with E-state index in [0.717, 1.165) is 42.5 Å². The van der Waals surface area contributed by atoms with Gasteiger partial charge in [-0.3, -0.25) is 9.59 Å². The lowest BCUT2D eigenvalue weighted by molar-refractivity contribution is -0.131. The van der Waals surface area contributed by atoms with Gasteiger partial charge in [-0.1, -0.05) is 0 Å². The van der Waals surface area contributed by atoms with Crippen LogP contribution in [0.25, 0.3) is 0 Å². The minimum atomic E-state index is -0.193. The van der Waals surface area contributed by atoms with Gasteiger partial charge in [0, 0.05) is 49.4 Å². The summed E-state index contributed by atoms with van der Waals surface area (Å²) in [5, 5.41) is 6.18. The maximum atomic E-state index is 12.5. The molecule has 1 aromatic carbocycles. The summed E-state index contributed by atoms with van der Waals surface area (Å²) in [6, 6.07) is 7.89. The third-order valence-corrected chi connectivity index (χ3v) is 6.56. The summed E-state index contributed by atoms with van der Waals surface area (Å²) in [5.74, 6) is 1.82. The molecule has 2 N–H and O–H groups in total.